The van der Waals surface area contributed by atoms with Crippen molar-refractivity contribution in [3.63, 3.8) is 0 Å². The zero-order chi connectivity index (χ0) is 17.4. The van der Waals surface area contributed by atoms with Crippen molar-refractivity contribution in [3.8, 4) is 0 Å². The van der Waals surface area contributed by atoms with E-state index in [4.69, 9.17) is 0 Å². The molecule has 1 aromatic carbocycles. The Morgan fingerprint density at radius 1 is 1.44 bits per heavy atom. The lowest BCUT2D eigenvalue weighted by atomic mass is 10.1. The van der Waals surface area contributed by atoms with Crippen LogP contribution >= 0.6 is 0 Å². The summed E-state index contributed by atoms with van der Waals surface area (Å²) in [5.41, 5.74) is 2.62. The summed E-state index contributed by atoms with van der Waals surface area (Å²) >= 11 is 0. The van der Waals surface area contributed by atoms with E-state index in [0.717, 1.165) is 29.4 Å². The number of rotatable bonds is 4. The number of nitrogens with zero attached hydrogens (tertiary/aromatic N) is 2. The van der Waals surface area contributed by atoms with Crippen molar-refractivity contribution in [2.75, 3.05) is 0 Å². The molecule has 1 saturated carbocycles. The molecule has 1 fully saturated rings. The van der Waals surface area contributed by atoms with Gasteiger partial charge in [0.25, 0.3) is 5.91 Å². The van der Waals surface area contributed by atoms with Gasteiger partial charge in [0.05, 0.1) is 18.5 Å². The molecule has 0 radical (unpaired) electrons. The van der Waals surface area contributed by atoms with Crippen molar-refractivity contribution in [3.05, 3.63) is 54.2 Å². The van der Waals surface area contributed by atoms with Gasteiger partial charge in [0.1, 0.15) is 5.69 Å². The number of imidazole rings is 1. The van der Waals surface area contributed by atoms with Gasteiger partial charge in [-0.3, -0.25) is 4.79 Å². The van der Waals surface area contributed by atoms with E-state index in [0.29, 0.717) is 18.0 Å². The number of aromatic amines is 1. The van der Waals surface area contributed by atoms with Gasteiger partial charge in [-0.05, 0) is 43.4 Å². The van der Waals surface area contributed by atoms with Gasteiger partial charge < -0.3 is 20.0 Å². The van der Waals surface area contributed by atoms with Gasteiger partial charge in [-0.25, -0.2) is 4.98 Å². The third-order valence-electron chi connectivity index (χ3n) is 5.10. The fourth-order valence-electron chi connectivity index (χ4n) is 3.79. The summed E-state index contributed by atoms with van der Waals surface area (Å²) in [7, 11) is 0. The smallest absolute Gasteiger partial charge is 0.268 e. The lowest BCUT2D eigenvalue weighted by Gasteiger charge is -2.15. The minimum atomic E-state index is -0.511. The number of fused-ring (bicyclic) bond motifs is 1. The lowest BCUT2D eigenvalue weighted by molar-refractivity contribution is 0.0869. The zero-order valence-electron chi connectivity index (χ0n) is 14.1. The fraction of sp³-hybridized carbons (Fsp3) is 0.368. The molecule has 3 aromatic rings. The van der Waals surface area contributed by atoms with Crippen molar-refractivity contribution in [2.24, 2.45) is 5.92 Å². The molecule has 0 aliphatic heterocycles. The number of benzene rings is 1. The maximum Gasteiger partial charge on any atom is 0.268 e. The molecular weight excluding hydrogens is 316 g/mol. The molecule has 25 heavy (non-hydrogen) atoms. The first kappa shape index (κ1) is 15.9. The average Bonchev–Trinajstić information content (AvgIpc) is 3.29. The second kappa shape index (κ2) is 6.37. The molecule has 0 spiro atoms. The van der Waals surface area contributed by atoms with E-state index in [1.807, 2.05) is 42.0 Å². The first-order valence-electron chi connectivity index (χ1n) is 8.63. The number of carbonyl (C=O) groups excluding carboxylic acids is 1. The van der Waals surface area contributed by atoms with E-state index in [9.17, 15) is 9.90 Å². The van der Waals surface area contributed by atoms with Crippen molar-refractivity contribution < 1.29 is 9.90 Å². The van der Waals surface area contributed by atoms with Gasteiger partial charge in [0, 0.05) is 29.8 Å². The summed E-state index contributed by atoms with van der Waals surface area (Å²) in [6, 6.07) is 7.62. The van der Waals surface area contributed by atoms with E-state index in [1.54, 1.807) is 12.5 Å². The number of aromatic nitrogens is 3. The Labute approximate surface area is 145 Å². The number of aryl methyl sites for hydroxylation is 1. The first-order valence-corrected chi connectivity index (χ1v) is 8.63. The van der Waals surface area contributed by atoms with Crippen molar-refractivity contribution >= 4 is 16.8 Å². The minimum Gasteiger partial charge on any atom is -0.391 e. The van der Waals surface area contributed by atoms with Gasteiger partial charge in [0.15, 0.2) is 0 Å². The minimum absolute atomic E-state index is 0.164. The summed E-state index contributed by atoms with van der Waals surface area (Å²) in [6.07, 6.45) is 6.40. The maximum absolute atomic E-state index is 12.6. The molecule has 6 nitrogen and oxygen atoms in total. The van der Waals surface area contributed by atoms with Gasteiger partial charge in [-0.2, -0.15) is 0 Å². The molecule has 3 N–H and O–H groups in total. The van der Waals surface area contributed by atoms with Crippen LogP contribution in [0.25, 0.3) is 10.9 Å². The van der Waals surface area contributed by atoms with Crippen molar-refractivity contribution in [1.82, 2.24) is 19.9 Å². The van der Waals surface area contributed by atoms with Crippen LogP contribution in [-0.4, -0.2) is 37.7 Å². The van der Waals surface area contributed by atoms with Crippen LogP contribution in [0.3, 0.4) is 0 Å². The normalized spacial score (nSPS) is 23.2. The number of amides is 1. The topological polar surface area (TPSA) is 82.9 Å². The van der Waals surface area contributed by atoms with E-state index < -0.39 is 6.10 Å². The largest absolute Gasteiger partial charge is 0.391 e. The van der Waals surface area contributed by atoms with Crippen molar-refractivity contribution in [1.29, 1.82) is 0 Å². The van der Waals surface area contributed by atoms with E-state index >= 15 is 0 Å². The molecule has 130 valence electrons. The standard InChI is InChI=1S/C19H22N4O2/c1-12-3-2-4-15-14(12)9-17(21-15)19(25)22-16-7-13(8-18(16)24)10-23-6-5-20-11-23/h2-6,9,11,13,16,18,21,24H,7-8,10H2,1H3,(H,22,25)/t13?,16-,18-/m1/s1. The Bertz CT molecular complexity index is 884. The summed E-state index contributed by atoms with van der Waals surface area (Å²) in [5.74, 6) is 0.169. The number of aliphatic hydroxyl groups is 1. The Hall–Kier alpha value is -2.60. The number of carbonyl (C=O) groups is 1. The zero-order valence-corrected chi connectivity index (χ0v) is 14.1. The van der Waals surface area contributed by atoms with Crippen LogP contribution in [0, 0.1) is 12.8 Å². The fourth-order valence-corrected chi connectivity index (χ4v) is 3.79. The molecule has 0 saturated heterocycles. The molecule has 6 heteroatoms. The third-order valence-corrected chi connectivity index (χ3v) is 5.10. The van der Waals surface area contributed by atoms with Crippen LogP contribution < -0.4 is 5.32 Å². The van der Waals surface area contributed by atoms with Crippen LogP contribution in [0.4, 0.5) is 0 Å². The molecule has 2 aromatic heterocycles. The number of nitrogens with one attached hydrogen (secondary N) is 2. The molecule has 0 bridgehead atoms. The molecule has 1 aliphatic carbocycles. The summed E-state index contributed by atoms with van der Waals surface area (Å²) in [5, 5.41) is 14.4. The van der Waals surface area contributed by atoms with Crippen LogP contribution in [0.5, 0.6) is 0 Å². The number of hydrogen-bond donors (Lipinski definition) is 3. The number of aliphatic hydroxyl groups excluding tert-OH is 1. The van der Waals surface area contributed by atoms with Crippen molar-refractivity contribution in [2.45, 2.75) is 38.5 Å². The average molecular weight is 338 g/mol. The molecule has 2 heterocycles. The highest BCUT2D eigenvalue weighted by Crippen LogP contribution is 2.28. The molecule has 4 rings (SSSR count). The first-order chi connectivity index (χ1) is 12.1. The predicted octanol–water partition coefficient (Wildman–Crippen LogP) is 2.24. The van der Waals surface area contributed by atoms with Crippen LogP contribution in [0.2, 0.25) is 0 Å². The van der Waals surface area contributed by atoms with Gasteiger partial charge in [-0.15, -0.1) is 0 Å². The molecule has 1 aliphatic rings. The summed E-state index contributed by atoms with van der Waals surface area (Å²) < 4.78 is 2.02. The quantitative estimate of drug-likeness (QED) is 0.682. The van der Waals surface area contributed by atoms with E-state index in [-0.39, 0.29) is 11.9 Å². The summed E-state index contributed by atoms with van der Waals surface area (Å²) in [6.45, 7) is 2.84. The number of H-pyrrole nitrogens is 1. The van der Waals surface area contributed by atoms with Gasteiger partial charge in [0.2, 0.25) is 0 Å². The third kappa shape index (κ3) is 3.17. The van der Waals surface area contributed by atoms with Gasteiger partial charge >= 0.3 is 0 Å². The maximum atomic E-state index is 12.6. The van der Waals surface area contributed by atoms with E-state index in [2.05, 4.69) is 15.3 Å². The second-order valence-corrected chi connectivity index (χ2v) is 6.96. The highest BCUT2D eigenvalue weighted by molar-refractivity contribution is 5.99. The Balaban J connectivity index is 1.43. The monoisotopic (exact) mass is 338 g/mol. The Kier molecular flexibility index (Phi) is 4.05. The van der Waals surface area contributed by atoms with E-state index in [1.165, 1.54) is 0 Å². The Morgan fingerprint density at radius 3 is 3.08 bits per heavy atom. The molecule has 1 amide bonds. The lowest BCUT2D eigenvalue weighted by Crippen LogP contribution is -2.40. The highest BCUT2D eigenvalue weighted by Gasteiger charge is 2.34. The van der Waals surface area contributed by atoms with Crippen LogP contribution in [-0.2, 0) is 6.54 Å². The van der Waals surface area contributed by atoms with Crippen LogP contribution in [0.15, 0.2) is 43.0 Å². The predicted molar refractivity (Wildman–Crippen MR) is 95.2 cm³/mol. The highest BCUT2D eigenvalue weighted by atomic mass is 16.3. The van der Waals surface area contributed by atoms with Gasteiger partial charge in [-0.1, -0.05) is 12.1 Å². The number of hydrogen-bond acceptors (Lipinski definition) is 3. The van der Waals surface area contributed by atoms with Crippen LogP contribution in [0.1, 0.15) is 28.9 Å². The SMILES string of the molecule is Cc1cccc2[nH]c(C(=O)N[C@@H]3CC(Cn4ccnc4)C[C@H]3O)cc12. The summed E-state index contributed by atoms with van der Waals surface area (Å²) in [4.78, 5) is 19.8. The Morgan fingerprint density at radius 2 is 2.32 bits per heavy atom. The molecular formula is C19H22N4O2. The second-order valence-electron chi connectivity index (χ2n) is 6.96. The molecule has 3 atom stereocenters. The molecule has 1 unspecified atom stereocenters.